The molecule has 0 amide bonds. The summed E-state index contributed by atoms with van der Waals surface area (Å²) in [6.07, 6.45) is 7.68. The van der Waals surface area contributed by atoms with Gasteiger partial charge in [-0.2, -0.15) is 0 Å². The van der Waals surface area contributed by atoms with E-state index in [-0.39, 0.29) is 0 Å². The van der Waals surface area contributed by atoms with Gasteiger partial charge in [-0.05, 0) is 24.2 Å². The number of nitrogens with two attached hydrogens (primary N) is 1. The predicted octanol–water partition coefficient (Wildman–Crippen LogP) is 2.95. The van der Waals surface area contributed by atoms with Crippen LogP contribution in [0.3, 0.4) is 0 Å². The summed E-state index contributed by atoms with van der Waals surface area (Å²) >= 11 is 0. The van der Waals surface area contributed by atoms with Gasteiger partial charge in [-0.25, -0.2) is 0 Å². The van der Waals surface area contributed by atoms with Crippen LogP contribution in [0.2, 0.25) is 18.1 Å². The molecule has 2 N–H and O–H groups in total. The normalized spacial score (nSPS) is 11.1. The van der Waals surface area contributed by atoms with E-state index in [1.165, 1.54) is 0 Å². The molecule has 0 unspecified atom stereocenters. The largest absolute Gasteiger partial charge is 0.474 e. The van der Waals surface area contributed by atoms with E-state index in [2.05, 4.69) is 25.8 Å². The monoisotopic (exact) mass is 247 g/mol. The van der Waals surface area contributed by atoms with Gasteiger partial charge in [0.25, 0.3) is 0 Å². The lowest BCUT2D eigenvalue weighted by Crippen LogP contribution is -2.45. The zero-order chi connectivity index (χ0) is 12.7. The van der Waals surface area contributed by atoms with E-state index >= 15 is 0 Å². The third kappa shape index (κ3) is 3.08. The molecule has 1 heterocycles. The molecule has 0 aromatic carbocycles. The number of hydrogen-bond acceptors (Lipinski definition) is 2. The fraction of sp³-hybridized carbons (Fsp3) is 0.286. The molecule has 1 rings (SSSR count). The van der Waals surface area contributed by atoms with Crippen molar-refractivity contribution in [2.24, 2.45) is 5.73 Å². The first kappa shape index (κ1) is 13.7. The van der Waals surface area contributed by atoms with Crippen LogP contribution in [0.25, 0.3) is 0 Å². The van der Waals surface area contributed by atoms with Crippen molar-refractivity contribution in [3.05, 3.63) is 55.9 Å². The lowest BCUT2D eigenvalue weighted by Gasteiger charge is -2.25. The lowest BCUT2D eigenvalue weighted by molar-refractivity contribution is 0.592. The molecule has 1 aromatic heterocycles. The van der Waals surface area contributed by atoms with Crippen molar-refractivity contribution in [3.8, 4) is 0 Å². The molecule has 0 aliphatic carbocycles. The molecule has 0 aliphatic heterocycles. The fourth-order valence-corrected chi connectivity index (χ4v) is 5.70. The topological polar surface area (TPSA) is 39.2 Å². The Morgan fingerprint density at radius 1 is 1.12 bits per heavy atom. The van der Waals surface area contributed by atoms with Crippen LogP contribution in [0.5, 0.6) is 0 Å². The van der Waals surface area contributed by atoms with Crippen LogP contribution in [0.1, 0.15) is 5.56 Å². The number of furan rings is 1. The fourth-order valence-electron chi connectivity index (χ4n) is 2.14. The highest BCUT2D eigenvalue weighted by Crippen LogP contribution is 2.23. The van der Waals surface area contributed by atoms with Crippen molar-refractivity contribution >= 4 is 13.5 Å². The molecule has 0 saturated carbocycles. The minimum Gasteiger partial charge on any atom is -0.474 e. The molecule has 0 atom stereocenters. The first-order valence-electron chi connectivity index (χ1n) is 5.83. The number of allylic oxidation sites excluding steroid dienone is 3. The van der Waals surface area contributed by atoms with Gasteiger partial charge in [0.15, 0.2) is 0 Å². The van der Waals surface area contributed by atoms with E-state index in [0.29, 0.717) is 6.54 Å². The molecule has 1 aromatic rings. The van der Waals surface area contributed by atoms with Crippen molar-refractivity contribution in [2.75, 3.05) is 0 Å². The SMILES string of the molecule is C=CC[Si](CC=C)(CC=C)c1cc(CN)co1. The maximum atomic E-state index is 5.72. The maximum absolute atomic E-state index is 5.72. The Hall–Kier alpha value is -1.32. The molecule has 0 aliphatic rings. The van der Waals surface area contributed by atoms with Crippen LogP contribution in [0.4, 0.5) is 0 Å². The molecular weight excluding hydrogens is 226 g/mol. The lowest BCUT2D eigenvalue weighted by atomic mass is 10.4. The third-order valence-corrected chi connectivity index (χ3v) is 7.54. The summed E-state index contributed by atoms with van der Waals surface area (Å²) in [5.41, 5.74) is 6.67. The van der Waals surface area contributed by atoms with Crippen molar-refractivity contribution in [1.29, 1.82) is 0 Å². The van der Waals surface area contributed by atoms with Crippen LogP contribution < -0.4 is 11.1 Å². The summed E-state index contributed by atoms with van der Waals surface area (Å²) in [5.74, 6) is 0. The Kier molecular flexibility index (Phi) is 5.19. The van der Waals surface area contributed by atoms with Gasteiger partial charge in [0.1, 0.15) is 8.07 Å². The van der Waals surface area contributed by atoms with E-state index in [1.54, 1.807) is 6.26 Å². The Morgan fingerprint density at radius 2 is 1.65 bits per heavy atom. The molecule has 0 saturated heterocycles. The third-order valence-electron chi connectivity index (χ3n) is 3.02. The van der Waals surface area contributed by atoms with Crippen LogP contribution in [-0.4, -0.2) is 8.07 Å². The van der Waals surface area contributed by atoms with Gasteiger partial charge in [0.2, 0.25) is 0 Å². The van der Waals surface area contributed by atoms with Gasteiger partial charge < -0.3 is 10.2 Å². The highest BCUT2D eigenvalue weighted by molar-refractivity contribution is 6.92. The van der Waals surface area contributed by atoms with Crippen LogP contribution in [-0.2, 0) is 6.54 Å². The van der Waals surface area contributed by atoms with E-state index in [0.717, 1.165) is 29.1 Å². The van der Waals surface area contributed by atoms with Crippen molar-refractivity contribution in [2.45, 2.75) is 24.7 Å². The minimum absolute atomic E-state index is 0.518. The summed E-state index contributed by atoms with van der Waals surface area (Å²) in [4.78, 5) is 0. The van der Waals surface area contributed by atoms with E-state index in [4.69, 9.17) is 10.2 Å². The van der Waals surface area contributed by atoms with Crippen LogP contribution in [0.15, 0.2) is 54.7 Å². The standard InChI is InChI=1S/C14H21NOSi/c1-4-7-17(8-5-2,9-6-3)14-10-13(11-15)12-16-14/h4-6,10,12H,1-3,7-9,11,15H2. The first-order chi connectivity index (χ1) is 8.22. The molecular formula is C14H21NOSi. The first-order valence-corrected chi connectivity index (χ1v) is 8.45. The summed E-state index contributed by atoms with van der Waals surface area (Å²) < 4.78 is 5.72. The van der Waals surface area contributed by atoms with Crippen molar-refractivity contribution in [1.82, 2.24) is 0 Å². The summed E-state index contributed by atoms with van der Waals surface area (Å²) in [7, 11) is -1.74. The maximum Gasteiger partial charge on any atom is 0.143 e. The van der Waals surface area contributed by atoms with Gasteiger partial charge in [-0.3, -0.25) is 0 Å². The zero-order valence-electron chi connectivity index (χ0n) is 10.3. The molecule has 2 nitrogen and oxygen atoms in total. The molecule has 0 fully saturated rings. The second kappa shape index (κ2) is 6.42. The van der Waals surface area contributed by atoms with Crippen LogP contribution >= 0.6 is 0 Å². The molecule has 3 heteroatoms. The Labute approximate surface area is 105 Å². The predicted molar refractivity (Wildman–Crippen MR) is 77.0 cm³/mol. The van der Waals surface area contributed by atoms with Crippen molar-refractivity contribution in [3.63, 3.8) is 0 Å². The van der Waals surface area contributed by atoms with Gasteiger partial charge in [0.05, 0.1) is 11.6 Å². The van der Waals surface area contributed by atoms with Gasteiger partial charge >= 0.3 is 0 Å². The Balaban J connectivity index is 3.12. The Bertz CT molecular complexity index is 368. The van der Waals surface area contributed by atoms with E-state index in [1.807, 2.05) is 18.2 Å². The molecule has 0 radical (unpaired) electrons. The zero-order valence-corrected chi connectivity index (χ0v) is 11.3. The summed E-state index contributed by atoms with van der Waals surface area (Å²) in [6, 6.07) is 5.01. The summed E-state index contributed by atoms with van der Waals surface area (Å²) in [6.45, 7) is 12.1. The van der Waals surface area contributed by atoms with Gasteiger partial charge in [0, 0.05) is 12.1 Å². The number of hydrogen-bond donors (Lipinski definition) is 1. The molecule has 92 valence electrons. The number of rotatable bonds is 8. The second-order valence-corrected chi connectivity index (χ2v) is 8.56. The highest BCUT2D eigenvalue weighted by Gasteiger charge is 2.34. The second-order valence-electron chi connectivity index (χ2n) is 4.28. The quantitative estimate of drug-likeness (QED) is 0.566. The van der Waals surface area contributed by atoms with Gasteiger partial charge in [-0.15, -0.1) is 19.7 Å². The molecule has 0 bridgehead atoms. The smallest absolute Gasteiger partial charge is 0.143 e. The average Bonchev–Trinajstić information content (AvgIpc) is 2.79. The minimum atomic E-state index is -1.74. The molecule has 17 heavy (non-hydrogen) atoms. The highest BCUT2D eigenvalue weighted by atomic mass is 28.3. The van der Waals surface area contributed by atoms with Crippen LogP contribution in [0, 0.1) is 0 Å². The van der Waals surface area contributed by atoms with Crippen molar-refractivity contribution < 1.29 is 4.42 Å². The Morgan fingerprint density at radius 3 is 2.00 bits per heavy atom. The van der Waals surface area contributed by atoms with E-state index < -0.39 is 8.07 Å². The summed E-state index contributed by atoms with van der Waals surface area (Å²) in [5, 5.41) is 1.08. The van der Waals surface area contributed by atoms with Gasteiger partial charge in [-0.1, -0.05) is 18.2 Å². The van der Waals surface area contributed by atoms with E-state index in [9.17, 15) is 0 Å². The average molecular weight is 247 g/mol. The molecule has 0 spiro atoms.